The average Bonchev–Trinajstić information content (AvgIpc) is 2.74. The molecule has 0 aromatic heterocycles. The van der Waals surface area contributed by atoms with Gasteiger partial charge in [-0.3, -0.25) is 14.4 Å². The monoisotopic (exact) mass is 477 g/mol. The smallest absolute Gasteiger partial charge is 0.408 e. The fraction of sp³-hybridized carbons (Fsp3) is 0.600. The molecule has 0 radical (unpaired) electrons. The summed E-state index contributed by atoms with van der Waals surface area (Å²) in [7, 11) is 1.23. The largest absolute Gasteiger partial charge is 0.468 e. The van der Waals surface area contributed by atoms with Gasteiger partial charge in [-0.15, -0.1) is 0 Å². The first-order valence-corrected chi connectivity index (χ1v) is 11.5. The molecule has 9 nitrogen and oxygen atoms in total. The number of carbonyl (C=O) groups is 4. The number of methoxy groups -OCH3 is 1. The minimum atomic E-state index is -1.00. The molecule has 190 valence electrons. The lowest BCUT2D eigenvalue weighted by Gasteiger charge is -2.35. The molecule has 1 aromatic carbocycles. The summed E-state index contributed by atoms with van der Waals surface area (Å²) >= 11 is 0. The minimum absolute atomic E-state index is 0.266. The zero-order valence-electron chi connectivity index (χ0n) is 21.6. The Hall–Kier alpha value is -3.10. The summed E-state index contributed by atoms with van der Waals surface area (Å²) in [5, 5.41) is 5.23. The highest BCUT2D eigenvalue weighted by atomic mass is 16.6. The van der Waals surface area contributed by atoms with E-state index < -0.39 is 41.6 Å². The Morgan fingerprint density at radius 2 is 1.65 bits per heavy atom. The van der Waals surface area contributed by atoms with Gasteiger partial charge in [0.2, 0.25) is 11.8 Å². The second-order valence-corrected chi connectivity index (χ2v) is 9.51. The molecule has 0 spiro atoms. The summed E-state index contributed by atoms with van der Waals surface area (Å²) in [4.78, 5) is 52.5. The Morgan fingerprint density at radius 1 is 1.06 bits per heavy atom. The van der Waals surface area contributed by atoms with E-state index in [1.54, 1.807) is 32.9 Å². The first-order chi connectivity index (χ1) is 15.8. The van der Waals surface area contributed by atoms with Gasteiger partial charge in [-0.1, -0.05) is 50.6 Å². The number of hydrogen-bond acceptors (Lipinski definition) is 6. The zero-order valence-corrected chi connectivity index (χ0v) is 21.6. The standard InChI is InChI=1S/C25H39N3O6/c1-9-14-28(23(31)20(16(2)3)27-24(32)34-25(5,6)7)21(18-12-10-17(4)11-13-18)22(30)26-15-19(29)33-8/h10-13,16,20-21H,9,14-15H2,1-8H3,(H,26,30)(H,27,32). The highest BCUT2D eigenvalue weighted by Gasteiger charge is 2.37. The van der Waals surface area contributed by atoms with E-state index in [1.807, 2.05) is 39.8 Å². The molecule has 0 saturated carbocycles. The van der Waals surface area contributed by atoms with Gasteiger partial charge in [-0.2, -0.15) is 0 Å². The molecule has 1 aromatic rings. The van der Waals surface area contributed by atoms with E-state index in [-0.39, 0.29) is 19.0 Å². The van der Waals surface area contributed by atoms with Crippen LogP contribution in [0.3, 0.4) is 0 Å². The molecule has 3 amide bonds. The molecule has 9 heteroatoms. The Bertz CT molecular complexity index is 845. The Morgan fingerprint density at radius 3 is 2.12 bits per heavy atom. The van der Waals surface area contributed by atoms with Gasteiger partial charge in [0.1, 0.15) is 24.2 Å². The lowest BCUT2D eigenvalue weighted by Crippen LogP contribution is -2.55. The van der Waals surface area contributed by atoms with Crippen molar-refractivity contribution in [2.45, 2.75) is 72.6 Å². The van der Waals surface area contributed by atoms with E-state index in [2.05, 4.69) is 15.4 Å². The second kappa shape index (κ2) is 13.0. The van der Waals surface area contributed by atoms with Gasteiger partial charge >= 0.3 is 12.1 Å². The second-order valence-electron chi connectivity index (χ2n) is 9.51. The van der Waals surface area contributed by atoms with Crippen LogP contribution in [0.5, 0.6) is 0 Å². The number of aryl methyl sites for hydroxylation is 1. The van der Waals surface area contributed by atoms with Gasteiger partial charge in [0, 0.05) is 6.54 Å². The van der Waals surface area contributed by atoms with Crippen molar-refractivity contribution in [3.63, 3.8) is 0 Å². The van der Waals surface area contributed by atoms with Crippen LogP contribution in [0.15, 0.2) is 24.3 Å². The van der Waals surface area contributed by atoms with Crippen LogP contribution in [-0.4, -0.2) is 60.6 Å². The Labute approximate surface area is 202 Å². The number of ether oxygens (including phenoxy) is 2. The summed E-state index contributed by atoms with van der Waals surface area (Å²) in [6.07, 6.45) is -0.131. The summed E-state index contributed by atoms with van der Waals surface area (Å²) in [6, 6.07) is 5.34. The molecule has 34 heavy (non-hydrogen) atoms. The lowest BCUT2D eigenvalue weighted by molar-refractivity contribution is -0.145. The normalized spacial score (nSPS) is 13.0. The van der Waals surface area contributed by atoms with Gasteiger partial charge in [0.05, 0.1) is 7.11 Å². The van der Waals surface area contributed by atoms with E-state index in [0.717, 1.165) is 5.56 Å². The van der Waals surface area contributed by atoms with E-state index in [0.29, 0.717) is 12.0 Å². The zero-order chi connectivity index (χ0) is 26.1. The van der Waals surface area contributed by atoms with Crippen molar-refractivity contribution in [3.8, 4) is 0 Å². The first-order valence-electron chi connectivity index (χ1n) is 11.5. The van der Waals surface area contributed by atoms with Gasteiger partial charge in [-0.05, 0) is 45.6 Å². The van der Waals surface area contributed by atoms with Crippen LogP contribution in [0.1, 0.15) is 65.1 Å². The summed E-state index contributed by atoms with van der Waals surface area (Å²) in [5.41, 5.74) is 0.864. The quantitative estimate of drug-likeness (QED) is 0.501. The third-order valence-electron chi connectivity index (χ3n) is 4.94. The maximum Gasteiger partial charge on any atom is 0.408 e. The molecule has 0 aliphatic heterocycles. The van der Waals surface area contributed by atoms with Crippen LogP contribution in [0.4, 0.5) is 4.79 Å². The fourth-order valence-electron chi connectivity index (χ4n) is 3.28. The number of carbonyl (C=O) groups excluding carboxylic acids is 4. The molecular formula is C25H39N3O6. The van der Waals surface area contributed by atoms with E-state index in [4.69, 9.17) is 4.74 Å². The predicted octanol–water partition coefficient (Wildman–Crippen LogP) is 3.11. The molecular weight excluding hydrogens is 438 g/mol. The van der Waals surface area contributed by atoms with Crippen LogP contribution in [-0.2, 0) is 23.9 Å². The number of amides is 3. The van der Waals surface area contributed by atoms with E-state index in [1.165, 1.54) is 12.0 Å². The van der Waals surface area contributed by atoms with Crippen molar-refractivity contribution in [1.29, 1.82) is 0 Å². The number of benzene rings is 1. The topological polar surface area (TPSA) is 114 Å². The molecule has 0 aliphatic rings. The molecule has 0 bridgehead atoms. The molecule has 2 atom stereocenters. The van der Waals surface area contributed by atoms with Crippen LogP contribution in [0.2, 0.25) is 0 Å². The number of nitrogens with one attached hydrogen (secondary N) is 2. The summed E-state index contributed by atoms with van der Waals surface area (Å²) in [5.74, 6) is -1.80. The van der Waals surface area contributed by atoms with E-state index >= 15 is 0 Å². The number of alkyl carbamates (subject to hydrolysis) is 1. The SMILES string of the molecule is CCCN(C(=O)C(NC(=O)OC(C)(C)C)C(C)C)C(C(=O)NCC(=O)OC)c1ccc(C)cc1. The van der Waals surface area contributed by atoms with Crippen LogP contribution in [0, 0.1) is 12.8 Å². The average molecular weight is 478 g/mol. The maximum atomic E-state index is 13.7. The molecule has 0 aliphatic carbocycles. The molecule has 1 rings (SSSR count). The molecule has 2 unspecified atom stereocenters. The third kappa shape index (κ3) is 9.03. The minimum Gasteiger partial charge on any atom is -0.468 e. The highest BCUT2D eigenvalue weighted by molar-refractivity contribution is 5.93. The maximum absolute atomic E-state index is 13.7. The van der Waals surface area contributed by atoms with Crippen molar-refractivity contribution in [3.05, 3.63) is 35.4 Å². The Balaban J connectivity index is 3.36. The van der Waals surface area contributed by atoms with Crippen LogP contribution >= 0.6 is 0 Å². The van der Waals surface area contributed by atoms with Gasteiger partial charge in [-0.25, -0.2) is 4.79 Å². The summed E-state index contributed by atoms with van der Waals surface area (Å²) in [6.45, 7) is 12.6. The van der Waals surface area contributed by atoms with E-state index in [9.17, 15) is 19.2 Å². The van der Waals surface area contributed by atoms with Crippen molar-refractivity contribution in [1.82, 2.24) is 15.5 Å². The predicted molar refractivity (Wildman–Crippen MR) is 129 cm³/mol. The number of nitrogens with zero attached hydrogens (tertiary/aromatic N) is 1. The number of hydrogen-bond donors (Lipinski definition) is 2. The number of rotatable bonds is 10. The third-order valence-corrected chi connectivity index (χ3v) is 4.94. The Kier molecular flexibility index (Phi) is 11.0. The molecule has 0 heterocycles. The van der Waals surface area contributed by atoms with Crippen molar-refractivity contribution in [2.24, 2.45) is 5.92 Å². The van der Waals surface area contributed by atoms with Crippen LogP contribution in [0.25, 0.3) is 0 Å². The fourth-order valence-corrected chi connectivity index (χ4v) is 3.28. The van der Waals surface area contributed by atoms with Crippen molar-refractivity contribution < 1.29 is 28.7 Å². The number of esters is 1. The lowest BCUT2D eigenvalue weighted by atomic mass is 9.98. The van der Waals surface area contributed by atoms with Crippen LogP contribution < -0.4 is 10.6 Å². The van der Waals surface area contributed by atoms with Crippen molar-refractivity contribution in [2.75, 3.05) is 20.2 Å². The van der Waals surface area contributed by atoms with Crippen molar-refractivity contribution >= 4 is 23.9 Å². The van der Waals surface area contributed by atoms with Gasteiger partial charge in [0.15, 0.2) is 0 Å². The molecule has 0 saturated heterocycles. The van der Waals surface area contributed by atoms with Gasteiger partial charge < -0.3 is 25.0 Å². The van der Waals surface area contributed by atoms with Gasteiger partial charge in [0.25, 0.3) is 0 Å². The first kappa shape index (κ1) is 28.9. The summed E-state index contributed by atoms with van der Waals surface area (Å²) < 4.78 is 9.95. The molecule has 2 N–H and O–H groups in total. The molecule has 0 fully saturated rings. The highest BCUT2D eigenvalue weighted by Crippen LogP contribution is 2.24.